The van der Waals surface area contributed by atoms with Crippen LogP contribution < -0.4 is 11.1 Å². The molecule has 0 aliphatic carbocycles. The van der Waals surface area contributed by atoms with Crippen molar-refractivity contribution in [3.8, 4) is 0 Å². The number of aryl methyl sites for hydroxylation is 2. The van der Waals surface area contributed by atoms with Gasteiger partial charge in [-0.25, -0.2) is 0 Å². The largest absolute Gasteiger partial charge is 0.324 e. The lowest BCUT2D eigenvalue weighted by Crippen LogP contribution is -2.33. The van der Waals surface area contributed by atoms with E-state index in [0.29, 0.717) is 5.92 Å². The van der Waals surface area contributed by atoms with Gasteiger partial charge in [0.25, 0.3) is 0 Å². The summed E-state index contributed by atoms with van der Waals surface area (Å²) in [5.41, 5.74) is 10.4. The smallest absolute Gasteiger partial charge is 0.0324 e. The highest BCUT2D eigenvalue weighted by atomic mass is 14.9. The fourth-order valence-corrected chi connectivity index (χ4v) is 2.45. The fourth-order valence-electron chi connectivity index (χ4n) is 2.45. The van der Waals surface area contributed by atoms with Crippen molar-refractivity contribution < 1.29 is 0 Å². The summed E-state index contributed by atoms with van der Waals surface area (Å²) in [6, 6.07) is 6.84. The van der Waals surface area contributed by atoms with Crippen LogP contribution >= 0.6 is 0 Å². The van der Waals surface area contributed by atoms with Crippen LogP contribution in [0.15, 0.2) is 18.2 Å². The fraction of sp³-hybridized carbons (Fsp3) is 0.571. The van der Waals surface area contributed by atoms with Gasteiger partial charge in [-0.05, 0) is 62.4 Å². The van der Waals surface area contributed by atoms with Crippen LogP contribution in [0.5, 0.6) is 0 Å². The predicted octanol–water partition coefficient (Wildman–Crippen LogP) is 2.30. The molecule has 1 aliphatic rings. The van der Waals surface area contributed by atoms with Crippen molar-refractivity contribution in [2.75, 3.05) is 13.1 Å². The maximum atomic E-state index is 6.36. The van der Waals surface area contributed by atoms with E-state index in [4.69, 9.17) is 5.73 Å². The number of piperidine rings is 1. The second-order valence-electron chi connectivity index (χ2n) is 4.96. The van der Waals surface area contributed by atoms with Gasteiger partial charge in [0.1, 0.15) is 0 Å². The summed E-state index contributed by atoms with van der Waals surface area (Å²) in [4.78, 5) is 0. The zero-order valence-corrected chi connectivity index (χ0v) is 10.3. The first-order valence-corrected chi connectivity index (χ1v) is 6.22. The third kappa shape index (κ3) is 2.45. The van der Waals surface area contributed by atoms with Gasteiger partial charge in [-0.15, -0.1) is 0 Å². The number of hydrogen-bond donors (Lipinski definition) is 2. The Kier molecular flexibility index (Phi) is 3.62. The predicted molar refractivity (Wildman–Crippen MR) is 68.4 cm³/mol. The molecule has 1 heterocycles. The number of nitrogens with one attached hydrogen (secondary N) is 1. The standard InChI is InChI=1S/C14H22N2/c1-10-3-4-13(9-11(10)2)14(15)12-5-7-16-8-6-12/h3-4,9,12,14,16H,5-8,15H2,1-2H3/t14-/m1/s1. The first-order chi connectivity index (χ1) is 7.68. The summed E-state index contributed by atoms with van der Waals surface area (Å²) in [5.74, 6) is 0.642. The maximum absolute atomic E-state index is 6.36. The van der Waals surface area contributed by atoms with Crippen molar-refractivity contribution in [1.82, 2.24) is 5.32 Å². The molecule has 16 heavy (non-hydrogen) atoms. The second-order valence-corrected chi connectivity index (χ2v) is 4.96. The van der Waals surface area contributed by atoms with E-state index in [9.17, 15) is 0 Å². The molecule has 1 aromatic rings. The summed E-state index contributed by atoms with van der Waals surface area (Å²) >= 11 is 0. The van der Waals surface area contributed by atoms with Crippen molar-refractivity contribution >= 4 is 0 Å². The van der Waals surface area contributed by atoms with E-state index in [1.165, 1.54) is 29.5 Å². The van der Waals surface area contributed by atoms with Crippen LogP contribution in [-0.2, 0) is 0 Å². The van der Waals surface area contributed by atoms with Gasteiger partial charge in [-0.2, -0.15) is 0 Å². The number of nitrogens with two attached hydrogens (primary N) is 1. The summed E-state index contributed by atoms with van der Waals surface area (Å²) in [6.45, 7) is 6.54. The van der Waals surface area contributed by atoms with E-state index >= 15 is 0 Å². The maximum Gasteiger partial charge on any atom is 0.0324 e. The molecule has 3 N–H and O–H groups in total. The number of hydrogen-bond acceptors (Lipinski definition) is 2. The monoisotopic (exact) mass is 218 g/mol. The molecule has 1 atom stereocenters. The number of benzene rings is 1. The van der Waals surface area contributed by atoms with Crippen LogP contribution in [0.3, 0.4) is 0 Å². The van der Waals surface area contributed by atoms with Gasteiger partial charge >= 0.3 is 0 Å². The van der Waals surface area contributed by atoms with E-state index in [0.717, 1.165) is 13.1 Å². The Morgan fingerprint density at radius 2 is 1.88 bits per heavy atom. The van der Waals surface area contributed by atoms with Gasteiger partial charge in [0.05, 0.1) is 0 Å². The summed E-state index contributed by atoms with van der Waals surface area (Å²) in [7, 11) is 0. The second kappa shape index (κ2) is 4.98. The van der Waals surface area contributed by atoms with Crippen molar-refractivity contribution in [3.05, 3.63) is 34.9 Å². The van der Waals surface area contributed by atoms with E-state index in [1.807, 2.05) is 0 Å². The minimum atomic E-state index is 0.210. The van der Waals surface area contributed by atoms with Gasteiger partial charge < -0.3 is 11.1 Å². The molecule has 1 aromatic carbocycles. The molecule has 1 aliphatic heterocycles. The van der Waals surface area contributed by atoms with E-state index in [2.05, 4.69) is 37.4 Å². The topological polar surface area (TPSA) is 38.0 Å². The Morgan fingerprint density at radius 1 is 1.19 bits per heavy atom. The molecule has 0 amide bonds. The lowest BCUT2D eigenvalue weighted by Gasteiger charge is -2.28. The van der Waals surface area contributed by atoms with Crippen molar-refractivity contribution in [3.63, 3.8) is 0 Å². The van der Waals surface area contributed by atoms with Crippen LogP contribution in [-0.4, -0.2) is 13.1 Å². The lowest BCUT2D eigenvalue weighted by atomic mass is 9.86. The zero-order chi connectivity index (χ0) is 11.5. The molecule has 2 nitrogen and oxygen atoms in total. The third-order valence-electron chi connectivity index (χ3n) is 3.81. The van der Waals surface area contributed by atoms with Crippen molar-refractivity contribution in [1.29, 1.82) is 0 Å². The molecule has 0 unspecified atom stereocenters. The van der Waals surface area contributed by atoms with Gasteiger partial charge in [0.15, 0.2) is 0 Å². The Bertz CT molecular complexity index is 354. The summed E-state index contributed by atoms with van der Waals surface area (Å²) < 4.78 is 0. The van der Waals surface area contributed by atoms with Crippen LogP contribution in [0.2, 0.25) is 0 Å². The SMILES string of the molecule is Cc1ccc([C@H](N)C2CCNCC2)cc1C. The van der Waals surface area contributed by atoms with Crippen molar-refractivity contribution in [2.45, 2.75) is 32.7 Å². The highest BCUT2D eigenvalue weighted by Crippen LogP contribution is 2.27. The average Bonchev–Trinajstić information content (AvgIpc) is 2.33. The molecule has 88 valence electrons. The molecular weight excluding hydrogens is 196 g/mol. The van der Waals surface area contributed by atoms with E-state index in [-0.39, 0.29) is 6.04 Å². The lowest BCUT2D eigenvalue weighted by molar-refractivity contribution is 0.322. The zero-order valence-electron chi connectivity index (χ0n) is 10.3. The molecule has 0 aromatic heterocycles. The van der Waals surface area contributed by atoms with E-state index < -0.39 is 0 Å². The van der Waals surface area contributed by atoms with Crippen LogP contribution in [0.25, 0.3) is 0 Å². The first-order valence-electron chi connectivity index (χ1n) is 6.22. The Morgan fingerprint density at radius 3 is 2.50 bits per heavy atom. The quantitative estimate of drug-likeness (QED) is 0.799. The number of rotatable bonds is 2. The Balaban J connectivity index is 2.12. The third-order valence-corrected chi connectivity index (χ3v) is 3.81. The minimum absolute atomic E-state index is 0.210. The molecule has 2 rings (SSSR count). The molecule has 1 fully saturated rings. The first kappa shape index (κ1) is 11.6. The summed E-state index contributed by atoms with van der Waals surface area (Å²) in [5, 5.41) is 3.39. The average molecular weight is 218 g/mol. The molecule has 0 bridgehead atoms. The van der Waals surface area contributed by atoms with Gasteiger partial charge in [-0.3, -0.25) is 0 Å². The highest BCUT2D eigenvalue weighted by Gasteiger charge is 2.21. The van der Waals surface area contributed by atoms with Crippen LogP contribution in [0.1, 0.15) is 35.6 Å². The normalized spacial score (nSPS) is 19.7. The molecule has 0 radical (unpaired) electrons. The van der Waals surface area contributed by atoms with Gasteiger partial charge in [0.2, 0.25) is 0 Å². The van der Waals surface area contributed by atoms with Gasteiger partial charge in [0, 0.05) is 6.04 Å². The Labute approximate surface area is 98.2 Å². The molecule has 2 heteroatoms. The summed E-state index contributed by atoms with van der Waals surface area (Å²) in [6.07, 6.45) is 2.40. The van der Waals surface area contributed by atoms with Gasteiger partial charge in [-0.1, -0.05) is 18.2 Å². The van der Waals surface area contributed by atoms with E-state index in [1.54, 1.807) is 0 Å². The minimum Gasteiger partial charge on any atom is -0.324 e. The van der Waals surface area contributed by atoms with Crippen LogP contribution in [0, 0.1) is 19.8 Å². The molecule has 0 saturated carbocycles. The van der Waals surface area contributed by atoms with Crippen LogP contribution in [0.4, 0.5) is 0 Å². The molecule has 1 saturated heterocycles. The molecular formula is C14H22N2. The Hall–Kier alpha value is -0.860. The highest BCUT2D eigenvalue weighted by molar-refractivity contribution is 5.31. The molecule has 0 spiro atoms. The van der Waals surface area contributed by atoms with Crippen molar-refractivity contribution in [2.24, 2.45) is 11.7 Å².